The zero-order valence-corrected chi connectivity index (χ0v) is 7.99. The van der Waals surface area contributed by atoms with E-state index in [1.165, 1.54) is 12.3 Å². The van der Waals surface area contributed by atoms with E-state index >= 15 is 0 Å². The molecule has 0 amide bonds. The molecule has 0 unspecified atom stereocenters. The molecule has 0 radical (unpaired) electrons. The quantitative estimate of drug-likeness (QED) is 0.548. The maximum absolute atomic E-state index is 10.4. The first kappa shape index (κ1) is 9.32. The highest BCUT2D eigenvalue weighted by Gasteiger charge is 2.06. The van der Waals surface area contributed by atoms with E-state index in [9.17, 15) is 10.1 Å². The number of aromatic nitrogens is 3. The van der Waals surface area contributed by atoms with Gasteiger partial charge in [-0.25, -0.2) is 9.97 Å². The molecule has 0 spiro atoms. The minimum atomic E-state index is -0.476. The summed E-state index contributed by atoms with van der Waals surface area (Å²) < 4.78 is 1.71. The molecule has 76 valence electrons. The molecule has 2 rings (SSSR count). The van der Waals surface area contributed by atoms with E-state index in [0.717, 1.165) is 5.69 Å². The molecule has 0 saturated heterocycles. The Labute approximate surface area is 85.4 Å². The predicted octanol–water partition coefficient (Wildman–Crippen LogP) is 1.48. The van der Waals surface area contributed by atoms with Gasteiger partial charge in [-0.05, 0) is 13.0 Å². The van der Waals surface area contributed by atoms with Gasteiger partial charge in [0.25, 0.3) is 5.69 Å². The van der Waals surface area contributed by atoms with Crippen molar-refractivity contribution in [1.29, 1.82) is 0 Å². The number of aryl methyl sites for hydroxylation is 1. The van der Waals surface area contributed by atoms with Crippen LogP contribution in [0.4, 0.5) is 5.69 Å². The molecule has 0 aliphatic carbocycles. The molecule has 2 aromatic heterocycles. The summed E-state index contributed by atoms with van der Waals surface area (Å²) in [5.41, 5.74) is 0.853. The lowest BCUT2D eigenvalue weighted by atomic mass is 10.4. The van der Waals surface area contributed by atoms with Crippen LogP contribution in [0.25, 0.3) is 5.82 Å². The Hall–Kier alpha value is -2.24. The van der Waals surface area contributed by atoms with Crippen LogP contribution >= 0.6 is 0 Å². The second-order valence-corrected chi connectivity index (χ2v) is 3.05. The Kier molecular flexibility index (Phi) is 2.17. The Morgan fingerprint density at radius 2 is 2.20 bits per heavy atom. The van der Waals surface area contributed by atoms with Crippen LogP contribution in [0.1, 0.15) is 5.69 Å². The summed E-state index contributed by atoms with van der Waals surface area (Å²) in [4.78, 5) is 17.9. The number of rotatable bonds is 2. The molecule has 0 aliphatic heterocycles. The average Bonchev–Trinajstić information content (AvgIpc) is 2.65. The molecule has 6 heteroatoms. The summed E-state index contributed by atoms with van der Waals surface area (Å²) in [6.07, 6.45) is 4.64. The van der Waals surface area contributed by atoms with Crippen molar-refractivity contribution in [3.63, 3.8) is 0 Å². The summed E-state index contributed by atoms with van der Waals surface area (Å²) in [5, 5.41) is 10.4. The fourth-order valence-electron chi connectivity index (χ4n) is 1.19. The second kappa shape index (κ2) is 3.49. The molecule has 0 saturated carbocycles. The topological polar surface area (TPSA) is 73.8 Å². The third-order valence-corrected chi connectivity index (χ3v) is 1.92. The molecule has 15 heavy (non-hydrogen) atoms. The maximum Gasteiger partial charge on any atom is 0.287 e. The van der Waals surface area contributed by atoms with Gasteiger partial charge < -0.3 is 0 Å². The van der Waals surface area contributed by atoms with Crippen LogP contribution in [0.15, 0.2) is 30.9 Å². The van der Waals surface area contributed by atoms with Crippen LogP contribution in [0.3, 0.4) is 0 Å². The van der Waals surface area contributed by atoms with Gasteiger partial charge in [0.05, 0.1) is 10.6 Å². The monoisotopic (exact) mass is 204 g/mol. The summed E-state index contributed by atoms with van der Waals surface area (Å²) in [6.45, 7) is 1.86. The van der Waals surface area contributed by atoms with E-state index < -0.39 is 4.92 Å². The zero-order chi connectivity index (χ0) is 10.8. The number of nitrogens with zero attached hydrogens (tertiary/aromatic N) is 4. The molecule has 6 nitrogen and oxygen atoms in total. The Balaban J connectivity index is 2.35. The van der Waals surface area contributed by atoms with Crippen LogP contribution in [-0.4, -0.2) is 19.5 Å². The molecule has 2 heterocycles. The number of nitro groups is 1. The highest BCUT2D eigenvalue weighted by Crippen LogP contribution is 2.11. The van der Waals surface area contributed by atoms with Gasteiger partial charge in [-0.15, -0.1) is 0 Å². The van der Waals surface area contributed by atoms with E-state index in [1.807, 2.05) is 6.92 Å². The minimum Gasteiger partial charge on any atom is -0.290 e. The predicted molar refractivity (Wildman–Crippen MR) is 52.8 cm³/mol. The van der Waals surface area contributed by atoms with Crippen molar-refractivity contribution < 1.29 is 4.92 Å². The molecular weight excluding hydrogens is 196 g/mol. The largest absolute Gasteiger partial charge is 0.290 e. The van der Waals surface area contributed by atoms with Gasteiger partial charge in [0.15, 0.2) is 0 Å². The summed E-state index contributed by atoms with van der Waals surface area (Å²) in [7, 11) is 0. The van der Waals surface area contributed by atoms with Crippen molar-refractivity contribution in [3.8, 4) is 5.82 Å². The fraction of sp³-hybridized carbons (Fsp3) is 0.111. The van der Waals surface area contributed by atoms with Gasteiger partial charge in [-0.3, -0.25) is 14.7 Å². The standard InChI is InChI=1S/C9H8N4O2/c1-7-5-12(6-11-7)9-3-2-8(4-10-9)13(14)15/h2-6H,1H3. The van der Waals surface area contributed by atoms with Gasteiger partial charge in [0, 0.05) is 12.3 Å². The van der Waals surface area contributed by atoms with Crippen LogP contribution in [-0.2, 0) is 0 Å². The van der Waals surface area contributed by atoms with Gasteiger partial charge in [-0.2, -0.15) is 0 Å². The Morgan fingerprint density at radius 1 is 1.40 bits per heavy atom. The SMILES string of the molecule is Cc1cn(-c2ccc([N+](=O)[O-])cn2)cn1. The first-order valence-corrected chi connectivity index (χ1v) is 4.28. The molecule has 0 aromatic carbocycles. The van der Waals surface area contributed by atoms with E-state index in [1.54, 1.807) is 23.2 Å². The molecular formula is C9H8N4O2. The van der Waals surface area contributed by atoms with E-state index in [-0.39, 0.29) is 5.69 Å². The van der Waals surface area contributed by atoms with Crippen molar-refractivity contribution >= 4 is 5.69 Å². The fourth-order valence-corrected chi connectivity index (χ4v) is 1.19. The van der Waals surface area contributed by atoms with Gasteiger partial charge in [0.2, 0.25) is 0 Å². The number of imidazole rings is 1. The maximum atomic E-state index is 10.4. The number of hydrogen-bond donors (Lipinski definition) is 0. The number of pyridine rings is 1. The third kappa shape index (κ3) is 1.83. The molecule has 2 aromatic rings. The third-order valence-electron chi connectivity index (χ3n) is 1.92. The van der Waals surface area contributed by atoms with Gasteiger partial charge in [0.1, 0.15) is 18.3 Å². The molecule has 0 bridgehead atoms. The summed E-state index contributed by atoms with van der Waals surface area (Å²) >= 11 is 0. The number of hydrogen-bond acceptors (Lipinski definition) is 4. The van der Waals surface area contributed by atoms with Crippen LogP contribution in [0.5, 0.6) is 0 Å². The van der Waals surface area contributed by atoms with Crippen molar-refractivity contribution in [2.45, 2.75) is 6.92 Å². The van der Waals surface area contributed by atoms with E-state index in [2.05, 4.69) is 9.97 Å². The highest BCUT2D eigenvalue weighted by molar-refractivity contribution is 5.33. The van der Waals surface area contributed by atoms with E-state index in [0.29, 0.717) is 5.82 Å². The lowest BCUT2D eigenvalue weighted by Gasteiger charge is -1.98. The molecule has 0 atom stereocenters. The average molecular weight is 204 g/mol. The minimum absolute atomic E-state index is 0.0180. The summed E-state index contributed by atoms with van der Waals surface area (Å²) in [6, 6.07) is 3.00. The smallest absolute Gasteiger partial charge is 0.287 e. The van der Waals surface area contributed by atoms with Crippen LogP contribution in [0, 0.1) is 17.0 Å². The summed E-state index contributed by atoms with van der Waals surface area (Å²) in [5.74, 6) is 0.612. The van der Waals surface area contributed by atoms with Crippen molar-refractivity contribution in [3.05, 3.63) is 46.7 Å². The van der Waals surface area contributed by atoms with Crippen LogP contribution in [0.2, 0.25) is 0 Å². The second-order valence-electron chi connectivity index (χ2n) is 3.05. The molecule has 0 aliphatic rings. The Bertz CT molecular complexity index is 489. The normalized spacial score (nSPS) is 10.2. The Morgan fingerprint density at radius 3 is 2.67 bits per heavy atom. The van der Waals surface area contributed by atoms with Crippen molar-refractivity contribution in [2.75, 3.05) is 0 Å². The lowest BCUT2D eigenvalue weighted by molar-refractivity contribution is -0.385. The van der Waals surface area contributed by atoms with Gasteiger partial charge >= 0.3 is 0 Å². The lowest BCUT2D eigenvalue weighted by Crippen LogP contribution is -1.95. The molecule has 0 N–H and O–H groups in total. The van der Waals surface area contributed by atoms with Crippen molar-refractivity contribution in [1.82, 2.24) is 14.5 Å². The van der Waals surface area contributed by atoms with Crippen LogP contribution < -0.4 is 0 Å². The molecule has 0 fully saturated rings. The first-order valence-electron chi connectivity index (χ1n) is 4.28. The van der Waals surface area contributed by atoms with E-state index in [4.69, 9.17) is 0 Å². The zero-order valence-electron chi connectivity index (χ0n) is 7.99. The first-order chi connectivity index (χ1) is 7.16. The van der Waals surface area contributed by atoms with Crippen molar-refractivity contribution in [2.24, 2.45) is 0 Å². The highest BCUT2D eigenvalue weighted by atomic mass is 16.6. The van der Waals surface area contributed by atoms with Gasteiger partial charge in [-0.1, -0.05) is 0 Å².